The average molecular weight is 520 g/mol. The van der Waals surface area contributed by atoms with Crippen LogP contribution in [0.15, 0.2) is 72.3 Å². The number of hydrogen-bond acceptors (Lipinski definition) is 6. The van der Waals surface area contributed by atoms with E-state index in [1.807, 2.05) is 13.0 Å². The molecule has 8 nitrogen and oxygen atoms in total. The average Bonchev–Trinajstić information content (AvgIpc) is 2.89. The van der Waals surface area contributed by atoms with Crippen molar-refractivity contribution in [2.24, 2.45) is 0 Å². The quantitative estimate of drug-likeness (QED) is 0.248. The Hall–Kier alpha value is -4.48. The second kappa shape index (κ2) is 13.6. The molecule has 0 spiro atoms. The van der Waals surface area contributed by atoms with E-state index in [1.54, 1.807) is 73.7 Å². The molecule has 3 aromatic rings. The smallest absolute Gasteiger partial charge is 0.266 e. The monoisotopic (exact) mass is 519 g/mol. The van der Waals surface area contributed by atoms with Crippen LogP contribution in [0.5, 0.6) is 17.2 Å². The molecule has 0 atom stereocenters. The summed E-state index contributed by atoms with van der Waals surface area (Å²) in [6, 6.07) is 20.6. The summed E-state index contributed by atoms with van der Waals surface area (Å²) < 4.78 is 16.7. The number of rotatable bonds is 11. The number of hydrogen-bond donors (Lipinski definition) is 2. The number of amides is 2. The van der Waals surface area contributed by atoms with Gasteiger partial charge in [-0.25, -0.2) is 0 Å². The molecule has 0 saturated heterocycles. The van der Waals surface area contributed by atoms with Crippen molar-refractivity contribution in [1.82, 2.24) is 0 Å². The number of carbonyl (C=O) groups is 2. The fourth-order valence-electron chi connectivity index (χ4n) is 3.21. The van der Waals surface area contributed by atoms with Crippen LogP contribution in [0.25, 0.3) is 6.08 Å². The Bertz CT molecular complexity index is 1320. The molecule has 0 saturated carbocycles. The molecular weight excluding hydrogens is 494 g/mol. The van der Waals surface area contributed by atoms with Gasteiger partial charge in [0.25, 0.3) is 11.8 Å². The van der Waals surface area contributed by atoms with Gasteiger partial charge in [0, 0.05) is 5.69 Å². The summed E-state index contributed by atoms with van der Waals surface area (Å²) >= 11 is 6.07. The van der Waals surface area contributed by atoms with Gasteiger partial charge in [-0.15, -0.1) is 0 Å². The van der Waals surface area contributed by atoms with Gasteiger partial charge in [-0.1, -0.05) is 29.8 Å². The summed E-state index contributed by atoms with van der Waals surface area (Å²) in [5.74, 6) is 0.443. The molecule has 0 fully saturated rings. The fourth-order valence-corrected chi connectivity index (χ4v) is 3.39. The second-order valence-corrected chi connectivity index (χ2v) is 7.94. The predicted octanol–water partition coefficient (Wildman–Crippen LogP) is 5.70. The molecule has 0 aromatic heterocycles. The number of halogens is 1. The highest BCUT2D eigenvalue weighted by atomic mass is 35.5. The van der Waals surface area contributed by atoms with Crippen molar-refractivity contribution in [3.8, 4) is 23.3 Å². The van der Waals surface area contributed by atoms with Gasteiger partial charge in [0.1, 0.15) is 17.4 Å². The number of nitrogens with one attached hydrogen (secondary N) is 2. The molecular formula is C28H26ClN3O5. The molecule has 0 bridgehead atoms. The summed E-state index contributed by atoms with van der Waals surface area (Å²) in [5, 5.41) is 15.4. The van der Waals surface area contributed by atoms with Gasteiger partial charge in [0.2, 0.25) is 0 Å². The Balaban J connectivity index is 1.69. The highest BCUT2D eigenvalue weighted by Crippen LogP contribution is 2.30. The van der Waals surface area contributed by atoms with Gasteiger partial charge in [-0.2, -0.15) is 5.26 Å². The molecule has 0 radical (unpaired) electrons. The summed E-state index contributed by atoms with van der Waals surface area (Å²) in [4.78, 5) is 24.9. The Labute approximate surface area is 220 Å². The van der Waals surface area contributed by atoms with E-state index in [0.717, 1.165) is 0 Å². The molecule has 9 heteroatoms. The first-order valence-electron chi connectivity index (χ1n) is 11.5. The zero-order valence-corrected chi connectivity index (χ0v) is 21.2. The van der Waals surface area contributed by atoms with Crippen LogP contribution in [-0.4, -0.2) is 31.6 Å². The number of anilines is 2. The SMILES string of the molecule is CCOc1ccc(NC(=O)/C(C#N)=C/c2ccc(OCC(=O)Nc3ccccc3Cl)c(OCC)c2)cc1. The lowest BCUT2D eigenvalue weighted by Crippen LogP contribution is -2.20. The highest BCUT2D eigenvalue weighted by Gasteiger charge is 2.13. The minimum absolute atomic E-state index is 0.0934. The van der Waals surface area contributed by atoms with Gasteiger partial charge < -0.3 is 24.8 Å². The highest BCUT2D eigenvalue weighted by molar-refractivity contribution is 6.33. The largest absolute Gasteiger partial charge is 0.494 e. The lowest BCUT2D eigenvalue weighted by molar-refractivity contribution is -0.118. The molecule has 0 aliphatic heterocycles. The standard InChI is InChI=1S/C28H26ClN3O5/c1-3-35-22-12-10-21(11-13-22)31-28(34)20(17-30)15-19-9-14-25(26(16-19)36-4-2)37-18-27(33)32-24-8-6-5-7-23(24)29/h5-16H,3-4,18H2,1-2H3,(H,31,34)(H,32,33)/b20-15+. The summed E-state index contributed by atoms with van der Waals surface area (Å²) in [5.41, 5.74) is 1.47. The minimum Gasteiger partial charge on any atom is -0.494 e. The van der Waals surface area contributed by atoms with Crippen LogP contribution in [0, 0.1) is 11.3 Å². The van der Waals surface area contributed by atoms with E-state index >= 15 is 0 Å². The first kappa shape index (κ1) is 27.1. The lowest BCUT2D eigenvalue weighted by atomic mass is 10.1. The van der Waals surface area contributed by atoms with Crippen LogP contribution in [0.2, 0.25) is 5.02 Å². The van der Waals surface area contributed by atoms with Crippen molar-refractivity contribution in [2.45, 2.75) is 13.8 Å². The maximum absolute atomic E-state index is 12.6. The Morgan fingerprint density at radius 2 is 1.65 bits per heavy atom. The van der Waals surface area contributed by atoms with Gasteiger partial charge in [0.15, 0.2) is 18.1 Å². The maximum atomic E-state index is 12.6. The van der Waals surface area contributed by atoms with Crippen molar-refractivity contribution < 1.29 is 23.8 Å². The van der Waals surface area contributed by atoms with E-state index in [1.165, 1.54) is 6.08 Å². The molecule has 3 rings (SSSR count). The van der Waals surface area contributed by atoms with Crippen LogP contribution in [0.1, 0.15) is 19.4 Å². The summed E-state index contributed by atoms with van der Waals surface area (Å²) in [7, 11) is 0. The van der Waals surface area contributed by atoms with Crippen LogP contribution < -0.4 is 24.8 Å². The number of nitriles is 1. The molecule has 37 heavy (non-hydrogen) atoms. The van der Waals surface area contributed by atoms with Crippen molar-refractivity contribution >= 4 is 40.9 Å². The lowest BCUT2D eigenvalue weighted by Gasteiger charge is -2.13. The molecule has 2 N–H and O–H groups in total. The number of para-hydroxylation sites is 1. The van der Waals surface area contributed by atoms with Crippen molar-refractivity contribution in [3.63, 3.8) is 0 Å². The number of nitrogens with zero attached hydrogens (tertiary/aromatic N) is 1. The maximum Gasteiger partial charge on any atom is 0.266 e. The fraction of sp³-hybridized carbons (Fsp3) is 0.179. The molecule has 0 aliphatic rings. The van der Waals surface area contributed by atoms with Gasteiger partial charge in [0.05, 0.1) is 23.9 Å². The van der Waals surface area contributed by atoms with E-state index < -0.39 is 11.8 Å². The van der Waals surface area contributed by atoms with Crippen molar-refractivity contribution in [3.05, 3.63) is 82.9 Å². The van der Waals surface area contributed by atoms with Gasteiger partial charge in [-0.05, 0) is 74.0 Å². The van der Waals surface area contributed by atoms with Crippen LogP contribution in [0.4, 0.5) is 11.4 Å². The zero-order valence-electron chi connectivity index (χ0n) is 20.4. The third-order valence-electron chi connectivity index (χ3n) is 4.87. The Morgan fingerprint density at radius 1 is 0.919 bits per heavy atom. The number of ether oxygens (including phenoxy) is 3. The van der Waals surface area contributed by atoms with E-state index in [0.29, 0.717) is 52.4 Å². The molecule has 2 amide bonds. The van der Waals surface area contributed by atoms with Crippen LogP contribution >= 0.6 is 11.6 Å². The first-order valence-corrected chi connectivity index (χ1v) is 11.9. The Morgan fingerprint density at radius 3 is 2.32 bits per heavy atom. The second-order valence-electron chi connectivity index (χ2n) is 7.54. The Kier molecular flexibility index (Phi) is 9.94. The summed E-state index contributed by atoms with van der Waals surface area (Å²) in [6.07, 6.45) is 1.44. The minimum atomic E-state index is -0.554. The first-order chi connectivity index (χ1) is 17.9. The number of carbonyl (C=O) groups excluding carboxylic acids is 2. The normalized spacial score (nSPS) is 10.7. The van der Waals surface area contributed by atoms with Crippen LogP contribution in [0.3, 0.4) is 0 Å². The van der Waals surface area contributed by atoms with Crippen LogP contribution in [-0.2, 0) is 9.59 Å². The molecule has 0 aliphatic carbocycles. The van der Waals surface area contributed by atoms with Crippen molar-refractivity contribution in [2.75, 3.05) is 30.5 Å². The zero-order chi connectivity index (χ0) is 26.6. The molecule has 3 aromatic carbocycles. The van der Waals surface area contributed by atoms with Crippen molar-refractivity contribution in [1.29, 1.82) is 5.26 Å². The van der Waals surface area contributed by atoms with Gasteiger partial charge in [-0.3, -0.25) is 9.59 Å². The molecule has 0 unspecified atom stereocenters. The van der Waals surface area contributed by atoms with E-state index in [-0.39, 0.29) is 12.2 Å². The van der Waals surface area contributed by atoms with E-state index in [4.69, 9.17) is 25.8 Å². The topological polar surface area (TPSA) is 110 Å². The van der Waals surface area contributed by atoms with E-state index in [9.17, 15) is 14.9 Å². The number of benzene rings is 3. The summed E-state index contributed by atoms with van der Waals surface area (Å²) in [6.45, 7) is 4.30. The molecule has 190 valence electrons. The van der Waals surface area contributed by atoms with Gasteiger partial charge >= 0.3 is 0 Å². The third-order valence-corrected chi connectivity index (χ3v) is 5.20. The molecule has 0 heterocycles. The van der Waals surface area contributed by atoms with E-state index in [2.05, 4.69) is 10.6 Å². The predicted molar refractivity (Wildman–Crippen MR) is 143 cm³/mol. The third kappa shape index (κ3) is 8.02.